The van der Waals surface area contributed by atoms with E-state index in [1.807, 2.05) is 6.92 Å². The maximum Gasteiger partial charge on any atom is 0.0670 e. The first kappa shape index (κ1) is 19.3. The van der Waals surface area contributed by atoms with Gasteiger partial charge in [-0.15, -0.1) is 0 Å². The lowest BCUT2D eigenvalue weighted by molar-refractivity contribution is -0.269. The topological polar surface area (TPSA) is 70.8 Å². The van der Waals surface area contributed by atoms with Gasteiger partial charge in [-0.1, -0.05) is 46.8 Å². The minimum absolute atomic E-state index is 0.118. The molecule has 2 rings (SSSR count). The predicted molar refractivity (Wildman–Crippen MR) is 101 cm³/mol. The van der Waals surface area contributed by atoms with Crippen LogP contribution in [0.15, 0.2) is 46.4 Å². The highest BCUT2D eigenvalue weighted by Crippen LogP contribution is 2.21. The molecule has 0 fully saturated rings. The summed E-state index contributed by atoms with van der Waals surface area (Å²) in [6, 6.07) is 9.04. The summed E-state index contributed by atoms with van der Waals surface area (Å²) in [6.45, 7) is 5.82. The van der Waals surface area contributed by atoms with Crippen molar-refractivity contribution in [2.75, 3.05) is 6.54 Å². The highest BCUT2D eigenvalue weighted by molar-refractivity contribution is 6.31. The number of benzene rings is 2. The average molecular weight is 377 g/mol. The average Bonchev–Trinajstić information content (AvgIpc) is 2.57. The second kappa shape index (κ2) is 8.37. The van der Waals surface area contributed by atoms with Gasteiger partial charge < -0.3 is 10.2 Å². The first-order valence-electron chi connectivity index (χ1n) is 7.77. The third-order valence-electron chi connectivity index (χ3n) is 3.67. The number of nitrogens with zero attached hydrogens (tertiary/aromatic N) is 2. The summed E-state index contributed by atoms with van der Waals surface area (Å²) in [4.78, 5) is 8.93. The van der Waals surface area contributed by atoms with Gasteiger partial charge in [0.05, 0.1) is 12.6 Å². The summed E-state index contributed by atoms with van der Waals surface area (Å²) in [6.07, 6.45) is 0. The molecule has 0 amide bonds. The Labute approximate surface area is 157 Å². The number of hydrogen-bond acceptors (Lipinski definition) is 4. The Balaban J connectivity index is 2.14. The van der Waals surface area contributed by atoms with E-state index in [1.54, 1.807) is 38.1 Å². The molecule has 0 aliphatic carbocycles. The van der Waals surface area contributed by atoms with Crippen molar-refractivity contribution in [2.24, 2.45) is 9.98 Å². The molecule has 0 saturated heterocycles. The lowest BCUT2D eigenvalue weighted by Crippen LogP contribution is -2.11. The van der Waals surface area contributed by atoms with Crippen LogP contribution in [0.4, 0.5) is 0 Å². The molecule has 0 spiro atoms. The first-order valence-corrected chi connectivity index (χ1v) is 8.53. The Hall–Kier alpha value is -2.04. The smallest absolute Gasteiger partial charge is 0.0670 e. The summed E-state index contributed by atoms with van der Waals surface area (Å²) >= 11 is 11.9. The van der Waals surface area contributed by atoms with Gasteiger partial charge in [0, 0.05) is 21.5 Å². The zero-order valence-electron chi connectivity index (χ0n) is 14.2. The lowest BCUT2D eigenvalue weighted by atomic mass is 10.1. The van der Waals surface area contributed by atoms with Crippen molar-refractivity contribution in [1.29, 1.82) is 0 Å². The minimum Gasteiger partial charge on any atom is -0.872 e. The minimum atomic E-state index is -0.150. The molecule has 0 saturated carbocycles. The molecule has 0 heterocycles. The molecule has 6 heteroatoms. The molecule has 0 aliphatic heterocycles. The summed E-state index contributed by atoms with van der Waals surface area (Å²) in [5.41, 5.74) is 2.19. The Kier molecular flexibility index (Phi) is 6.45. The molecule has 0 aliphatic rings. The molecule has 0 N–H and O–H groups in total. The molecule has 1 unspecified atom stereocenters. The fourth-order valence-corrected chi connectivity index (χ4v) is 2.71. The van der Waals surface area contributed by atoms with Crippen molar-refractivity contribution < 1.29 is 10.2 Å². The van der Waals surface area contributed by atoms with E-state index in [0.29, 0.717) is 39.1 Å². The fourth-order valence-electron chi connectivity index (χ4n) is 2.37. The van der Waals surface area contributed by atoms with E-state index in [1.165, 1.54) is 12.1 Å². The highest BCUT2D eigenvalue weighted by Gasteiger charge is 2.05. The Morgan fingerprint density at radius 3 is 1.92 bits per heavy atom. The van der Waals surface area contributed by atoms with E-state index < -0.39 is 0 Å². The van der Waals surface area contributed by atoms with Gasteiger partial charge in [-0.2, -0.15) is 0 Å². The lowest BCUT2D eigenvalue weighted by Gasteiger charge is -2.15. The molecule has 0 aromatic heterocycles. The summed E-state index contributed by atoms with van der Waals surface area (Å²) in [7, 11) is 0. The Morgan fingerprint density at radius 2 is 1.40 bits per heavy atom. The third kappa shape index (κ3) is 5.21. The van der Waals surface area contributed by atoms with Crippen LogP contribution >= 0.6 is 23.2 Å². The largest absolute Gasteiger partial charge is 0.872 e. The normalized spacial score (nSPS) is 13.8. The second-order valence-corrected chi connectivity index (χ2v) is 6.64. The highest BCUT2D eigenvalue weighted by atomic mass is 35.5. The van der Waals surface area contributed by atoms with E-state index in [4.69, 9.17) is 23.2 Å². The molecule has 2 aromatic rings. The molecule has 25 heavy (non-hydrogen) atoms. The van der Waals surface area contributed by atoms with E-state index in [-0.39, 0.29) is 17.5 Å². The molecule has 1 atom stereocenters. The summed E-state index contributed by atoms with van der Waals surface area (Å²) in [5, 5.41) is 24.8. The van der Waals surface area contributed by atoms with E-state index in [2.05, 4.69) is 9.98 Å². The van der Waals surface area contributed by atoms with Gasteiger partial charge in [0.25, 0.3) is 0 Å². The molecule has 0 bridgehead atoms. The van der Waals surface area contributed by atoms with Gasteiger partial charge in [0.2, 0.25) is 0 Å². The van der Waals surface area contributed by atoms with Crippen LogP contribution < -0.4 is 10.2 Å². The van der Waals surface area contributed by atoms with E-state index in [0.717, 1.165) is 0 Å². The standard InChI is InChI=1S/C19H20Cl2N2O2/c1-11(23-13(3)17-9-15(21)5-7-19(17)25)10-22-12(2)16-8-14(20)4-6-18(16)24/h4-9,11,24-25H,10H2,1-3H3/p-2. The van der Waals surface area contributed by atoms with Crippen LogP contribution in [0.3, 0.4) is 0 Å². The molecule has 2 aromatic carbocycles. The zero-order chi connectivity index (χ0) is 18.6. The van der Waals surface area contributed by atoms with Gasteiger partial charge >= 0.3 is 0 Å². The van der Waals surface area contributed by atoms with Crippen LogP contribution in [0.5, 0.6) is 11.5 Å². The van der Waals surface area contributed by atoms with Crippen LogP contribution in [-0.2, 0) is 0 Å². The van der Waals surface area contributed by atoms with Gasteiger partial charge in [0.1, 0.15) is 0 Å². The quantitative estimate of drug-likeness (QED) is 0.743. The summed E-state index contributed by atoms with van der Waals surface area (Å²) < 4.78 is 0. The Morgan fingerprint density at radius 1 is 0.920 bits per heavy atom. The molecule has 0 radical (unpaired) electrons. The van der Waals surface area contributed by atoms with Crippen LogP contribution in [0.2, 0.25) is 10.0 Å². The number of hydrogen-bond donors (Lipinski definition) is 0. The fraction of sp³-hybridized carbons (Fsp3) is 0.263. The van der Waals surface area contributed by atoms with Crippen molar-refractivity contribution in [3.63, 3.8) is 0 Å². The monoisotopic (exact) mass is 376 g/mol. The van der Waals surface area contributed by atoms with Gasteiger partial charge in [-0.3, -0.25) is 9.98 Å². The zero-order valence-corrected chi connectivity index (χ0v) is 15.7. The second-order valence-electron chi connectivity index (χ2n) is 5.77. The van der Waals surface area contributed by atoms with Crippen molar-refractivity contribution in [3.05, 3.63) is 57.6 Å². The maximum absolute atomic E-state index is 11.9. The predicted octanol–water partition coefficient (Wildman–Crippen LogP) is 3.85. The van der Waals surface area contributed by atoms with Crippen molar-refractivity contribution in [3.8, 4) is 11.5 Å². The van der Waals surface area contributed by atoms with Gasteiger partial charge in [-0.25, -0.2) is 0 Å². The van der Waals surface area contributed by atoms with Crippen LogP contribution in [-0.4, -0.2) is 24.0 Å². The van der Waals surface area contributed by atoms with Gasteiger partial charge in [0.15, 0.2) is 0 Å². The van der Waals surface area contributed by atoms with Gasteiger partial charge in [-0.05, 0) is 56.2 Å². The van der Waals surface area contributed by atoms with E-state index in [9.17, 15) is 10.2 Å². The summed E-state index contributed by atoms with van der Waals surface area (Å²) in [5.74, 6) is -0.236. The van der Waals surface area contributed by atoms with E-state index >= 15 is 0 Å². The Bertz CT molecular complexity index is 832. The number of rotatable bonds is 5. The molecular formula is C19H18Cl2N2O2-2. The molecule has 132 valence electrons. The molecular weight excluding hydrogens is 359 g/mol. The SMILES string of the molecule is CC(=NCC(C)N=C(C)c1cc(Cl)ccc1[O-])c1cc(Cl)ccc1[O-]. The van der Waals surface area contributed by atoms with Crippen molar-refractivity contribution >= 4 is 34.6 Å². The van der Waals surface area contributed by atoms with Crippen LogP contribution in [0.25, 0.3) is 0 Å². The molecule has 4 nitrogen and oxygen atoms in total. The maximum atomic E-state index is 11.9. The van der Waals surface area contributed by atoms with Crippen molar-refractivity contribution in [1.82, 2.24) is 0 Å². The number of halogens is 2. The third-order valence-corrected chi connectivity index (χ3v) is 4.14. The van der Waals surface area contributed by atoms with Crippen molar-refractivity contribution in [2.45, 2.75) is 26.8 Å². The van der Waals surface area contributed by atoms with Crippen LogP contribution in [0, 0.1) is 0 Å². The van der Waals surface area contributed by atoms with Crippen LogP contribution in [0.1, 0.15) is 31.9 Å². The number of aliphatic imine (C=N–C) groups is 2. The first-order chi connectivity index (χ1) is 11.8.